The van der Waals surface area contributed by atoms with Gasteiger partial charge < -0.3 is 20.4 Å². The Kier molecular flexibility index (Phi) is 6.92. The van der Waals surface area contributed by atoms with Crippen molar-refractivity contribution in [3.63, 3.8) is 0 Å². The number of nitrogens with zero attached hydrogens (tertiary/aromatic N) is 6. The van der Waals surface area contributed by atoms with Crippen LogP contribution in [-0.4, -0.2) is 71.1 Å². The zero-order valence-corrected chi connectivity index (χ0v) is 20.9. The Bertz CT molecular complexity index is 1350. The van der Waals surface area contributed by atoms with Crippen LogP contribution in [-0.2, 0) is 6.54 Å². The number of nitrogens with one attached hydrogen (secondary N) is 2. The summed E-state index contributed by atoms with van der Waals surface area (Å²) in [5.41, 5.74) is 2.79. The molecule has 1 aliphatic heterocycles. The highest BCUT2D eigenvalue weighted by Crippen LogP contribution is 2.30. The minimum absolute atomic E-state index is 0.0235. The van der Waals surface area contributed by atoms with Gasteiger partial charge in [0.25, 0.3) is 0 Å². The topological polar surface area (TPSA) is 89.5 Å². The summed E-state index contributed by atoms with van der Waals surface area (Å²) in [7, 11) is 3.56. The molecule has 0 spiro atoms. The summed E-state index contributed by atoms with van der Waals surface area (Å²) >= 11 is 1.45. The molecule has 1 aliphatic rings. The Labute approximate surface area is 212 Å². The number of amides is 2. The van der Waals surface area contributed by atoms with Crippen molar-refractivity contribution in [3.05, 3.63) is 66.1 Å². The van der Waals surface area contributed by atoms with E-state index in [0.29, 0.717) is 18.2 Å². The monoisotopic (exact) mass is 506 g/mol. The van der Waals surface area contributed by atoms with Gasteiger partial charge in [0.15, 0.2) is 5.13 Å². The number of carbonyl (C=O) groups excluding carboxylic acids is 1. The van der Waals surface area contributed by atoms with Gasteiger partial charge in [0.05, 0.1) is 0 Å². The Balaban J connectivity index is 1.25. The molecule has 1 aromatic carbocycles. The van der Waals surface area contributed by atoms with Gasteiger partial charge in [0.1, 0.15) is 27.8 Å². The Morgan fingerprint density at radius 3 is 2.61 bits per heavy atom. The molecule has 0 unspecified atom stereocenters. The lowest BCUT2D eigenvalue weighted by Crippen LogP contribution is -2.50. The fourth-order valence-electron chi connectivity index (χ4n) is 4.12. The van der Waals surface area contributed by atoms with Crippen LogP contribution < -0.4 is 15.5 Å². The Morgan fingerprint density at radius 2 is 1.86 bits per heavy atom. The van der Waals surface area contributed by atoms with Crippen molar-refractivity contribution in [2.24, 2.45) is 0 Å². The van der Waals surface area contributed by atoms with Crippen molar-refractivity contribution in [3.8, 4) is 0 Å². The molecule has 36 heavy (non-hydrogen) atoms. The molecule has 4 aromatic rings. The second-order valence-corrected chi connectivity index (χ2v) is 9.52. The first-order chi connectivity index (χ1) is 17.5. The molecule has 2 N–H and O–H groups in total. The normalized spacial score (nSPS) is 14.1. The van der Waals surface area contributed by atoms with Gasteiger partial charge in [-0.1, -0.05) is 11.3 Å². The van der Waals surface area contributed by atoms with Gasteiger partial charge >= 0.3 is 6.03 Å². The third-order valence-electron chi connectivity index (χ3n) is 6.14. The number of benzene rings is 1. The second-order valence-electron chi connectivity index (χ2n) is 8.54. The minimum atomic E-state index is -0.269. The van der Waals surface area contributed by atoms with E-state index < -0.39 is 0 Å². The number of carbonyl (C=O) groups is 1. The summed E-state index contributed by atoms with van der Waals surface area (Å²) in [6.45, 7) is 3.88. The lowest BCUT2D eigenvalue weighted by molar-refractivity contribution is 0.136. The second kappa shape index (κ2) is 10.4. The van der Waals surface area contributed by atoms with E-state index in [4.69, 9.17) is 4.98 Å². The number of thiazole rings is 1. The number of halogens is 1. The molecule has 0 atom stereocenters. The van der Waals surface area contributed by atoms with Gasteiger partial charge in [-0.25, -0.2) is 24.1 Å². The van der Waals surface area contributed by atoms with Crippen LogP contribution in [0, 0.1) is 5.82 Å². The predicted molar refractivity (Wildman–Crippen MR) is 141 cm³/mol. The zero-order valence-electron chi connectivity index (χ0n) is 20.1. The quantitative estimate of drug-likeness (QED) is 0.405. The van der Waals surface area contributed by atoms with E-state index in [1.807, 2.05) is 41.1 Å². The van der Waals surface area contributed by atoms with E-state index in [2.05, 4.69) is 25.5 Å². The van der Waals surface area contributed by atoms with E-state index in [-0.39, 0.29) is 11.8 Å². The highest BCUT2D eigenvalue weighted by molar-refractivity contribution is 7.21. The first-order valence-electron chi connectivity index (χ1n) is 11.7. The fraction of sp³-hybridized carbons (Fsp3) is 0.280. The summed E-state index contributed by atoms with van der Waals surface area (Å²) in [6, 6.07) is 14.2. The molecule has 0 aliphatic carbocycles. The summed E-state index contributed by atoms with van der Waals surface area (Å²) in [4.78, 5) is 32.5. The maximum atomic E-state index is 13.3. The molecule has 0 radical (unpaired) electrons. The summed E-state index contributed by atoms with van der Waals surface area (Å²) < 4.78 is 13.3. The smallest absolute Gasteiger partial charge is 0.317 e. The molecule has 4 heterocycles. The van der Waals surface area contributed by atoms with Crippen molar-refractivity contribution >= 4 is 50.2 Å². The predicted octanol–water partition coefficient (Wildman–Crippen LogP) is 4.19. The molecule has 11 heteroatoms. The maximum Gasteiger partial charge on any atom is 0.317 e. The van der Waals surface area contributed by atoms with Gasteiger partial charge in [-0.05, 0) is 54.1 Å². The van der Waals surface area contributed by atoms with Crippen LogP contribution in [0.15, 0.2) is 54.7 Å². The number of rotatable bonds is 6. The lowest BCUT2D eigenvalue weighted by Gasteiger charge is -2.34. The molecule has 5 rings (SSSR count). The van der Waals surface area contributed by atoms with Crippen LogP contribution >= 0.6 is 11.3 Å². The average molecular weight is 507 g/mol. The molecule has 9 nitrogen and oxygen atoms in total. The number of fused-ring (bicyclic) bond motifs is 1. The summed E-state index contributed by atoms with van der Waals surface area (Å²) in [5.74, 6) is 1.20. The molecule has 1 saturated heterocycles. The van der Waals surface area contributed by atoms with E-state index in [9.17, 15) is 9.18 Å². The van der Waals surface area contributed by atoms with Gasteiger partial charge in [0, 0.05) is 58.7 Å². The number of pyridine rings is 2. The number of hydrogen-bond donors (Lipinski definition) is 2. The molecule has 186 valence electrons. The number of anilines is 4. The van der Waals surface area contributed by atoms with Crippen molar-refractivity contribution in [2.75, 3.05) is 50.5 Å². The van der Waals surface area contributed by atoms with Crippen LogP contribution in [0.25, 0.3) is 10.3 Å². The molecule has 0 saturated carbocycles. The first kappa shape index (κ1) is 23.9. The highest BCUT2D eigenvalue weighted by atomic mass is 32.1. The van der Waals surface area contributed by atoms with Crippen molar-refractivity contribution in [1.29, 1.82) is 0 Å². The van der Waals surface area contributed by atoms with Gasteiger partial charge in [-0.2, -0.15) is 0 Å². The molecule has 0 bridgehead atoms. The summed E-state index contributed by atoms with van der Waals surface area (Å²) in [6.07, 6.45) is 1.79. The molecular weight excluding hydrogens is 479 g/mol. The van der Waals surface area contributed by atoms with Crippen LogP contribution in [0.5, 0.6) is 0 Å². The SMILES string of the molecule is CNC(=O)N1CCN(Cc2ccnc(Nc3nc4ccc(N(C)c5ccc(F)cc5)nc4s3)c2)CC1. The largest absolute Gasteiger partial charge is 0.341 e. The minimum Gasteiger partial charge on any atom is -0.341 e. The van der Waals surface area contributed by atoms with Crippen LogP contribution in [0.4, 0.5) is 31.6 Å². The van der Waals surface area contributed by atoms with E-state index in [0.717, 1.165) is 52.9 Å². The van der Waals surface area contributed by atoms with Gasteiger partial charge in [0.2, 0.25) is 0 Å². The molecular formula is C25H27FN8OS. The van der Waals surface area contributed by atoms with Crippen molar-refractivity contribution in [1.82, 2.24) is 30.1 Å². The van der Waals surface area contributed by atoms with Gasteiger partial charge in [-0.15, -0.1) is 0 Å². The van der Waals surface area contributed by atoms with Crippen LogP contribution in [0.1, 0.15) is 5.56 Å². The van der Waals surface area contributed by atoms with Crippen molar-refractivity contribution in [2.45, 2.75) is 6.54 Å². The number of piperazine rings is 1. The standard InChI is InChI=1S/C25H27FN8OS/c1-27-25(35)34-13-11-33(12-14-34)16-17-9-10-28-21(15-17)30-24-29-20-7-8-22(31-23(20)36-24)32(2)19-5-3-18(26)4-6-19/h3-10,15H,11-14,16H2,1-2H3,(H,27,35)(H,28,29,30). The zero-order chi connectivity index (χ0) is 25.1. The van der Waals surface area contributed by atoms with Crippen LogP contribution in [0.3, 0.4) is 0 Å². The fourth-order valence-corrected chi connectivity index (χ4v) is 4.96. The highest BCUT2D eigenvalue weighted by Gasteiger charge is 2.20. The first-order valence-corrected chi connectivity index (χ1v) is 12.5. The van der Waals surface area contributed by atoms with E-state index in [1.165, 1.54) is 23.5 Å². The van der Waals surface area contributed by atoms with Crippen LogP contribution in [0.2, 0.25) is 0 Å². The Hall–Kier alpha value is -3.83. The number of aromatic nitrogens is 3. The number of urea groups is 1. The lowest BCUT2D eigenvalue weighted by atomic mass is 10.2. The van der Waals surface area contributed by atoms with Gasteiger partial charge in [-0.3, -0.25) is 4.90 Å². The van der Waals surface area contributed by atoms with Crippen molar-refractivity contribution < 1.29 is 9.18 Å². The summed E-state index contributed by atoms with van der Waals surface area (Å²) in [5, 5.41) is 6.70. The average Bonchev–Trinajstić information content (AvgIpc) is 3.30. The third-order valence-corrected chi connectivity index (χ3v) is 7.02. The maximum absolute atomic E-state index is 13.3. The molecule has 1 fully saturated rings. The molecule has 3 aromatic heterocycles. The number of hydrogen-bond acceptors (Lipinski definition) is 8. The Morgan fingerprint density at radius 1 is 1.08 bits per heavy atom. The molecule has 2 amide bonds. The van der Waals surface area contributed by atoms with E-state index >= 15 is 0 Å². The third kappa shape index (κ3) is 5.37. The van der Waals surface area contributed by atoms with E-state index in [1.54, 1.807) is 25.4 Å².